The molecule has 2 saturated heterocycles. The molecule has 194 valence electrons. The zero-order valence-electron chi connectivity index (χ0n) is 21.2. The first-order chi connectivity index (χ1) is 17.5. The highest BCUT2D eigenvalue weighted by Crippen LogP contribution is 2.29. The number of piperidine rings is 2. The van der Waals surface area contributed by atoms with Gasteiger partial charge in [-0.3, -0.25) is 14.5 Å². The Hall–Kier alpha value is -2.98. The molecule has 0 aliphatic carbocycles. The number of amides is 2. The van der Waals surface area contributed by atoms with Crippen molar-refractivity contribution in [2.45, 2.75) is 64.4 Å². The van der Waals surface area contributed by atoms with Crippen LogP contribution in [0.3, 0.4) is 0 Å². The predicted octanol–water partition coefficient (Wildman–Crippen LogP) is 1.90. The molecule has 10 nitrogen and oxygen atoms in total. The van der Waals surface area contributed by atoms with Gasteiger partial charge in [-0.15, -0.1) is 5.10 Å². The number of carbonyl (C=O) groups excluding carboxylic acids is 2. The highest BCUT2D eigenvalue weighted by Gasteiger charge is 2.30. The quantitative estimate of drug-likeness (QED) is 0.652. The van der Waals surface area contributed by atoms with Crippen LogP contribution in [0.2, 0.25) is 0 Å². The summed E-state index contributed by atoms with van der Waals surface area (Å²) in [5.74, 6) is 1.09. The highest BCUT2D eigenvalue weighted by molar-refractivity contribution is 5.79. The lowest BCUT2D eigenvalue weighted by Crippen LogP contribution is -2.48. The first-order valence-electron chi connectivity index (χ1n) is 12.9. The van der Waals surface area contributed by atoms with Crippen LogP contribution in [-0.2, 0) is 34.0 Å². The van der Waals surface area contributed by atoms with Gasteiger partial charge in [0.25, 0.3) is 0 Å². The number of hydrogen-bond donors (Lipinski definition) is 1. The van der Waals surface area contributed by atoms with Crippen molar-refractivity contribution < 1.29 is 19.1 Å². The van der Waals surface area contributed by atoms with Crippen molar-refractivity contribution >= 4 is 11.8 Å². The van der Waals surface area contributed by atoms with E-state index < -0.39 is 0 Å². The van der Waals surface area contributed by atoms with E-state index in [0.29, 0.717) is 26.2 Å². The zero-order valence-corrected chi connectivity index (χ0v) is 21.2. The summed E-state index contributed by atoms with van der Waals surface area (Å²) in [6.45, 7) is 6.66. The second-order valence-corrected chi connectivity index (χ2v) is 10.1. The Bertz CT molecular complexity index is 1050. The third-order valence-corrected chi connectivity index (χ3v) is 7.78. The van der Waals surface area contributed by atoms with Gasteiger partial charge in [0.15, 0.2) is 0 Å². The number of hydrogen-bond acceptors (Lipinski definition) is 7. The van der Waals surface area contributed by atoms with Gasteiger partial charge in [0.05, 0.1) is 26.0 Å². The minimum atomic E-state index is -0.0491. The van der Waals surface area contributed by atoms with E-state index >= 15 is 0 Å². The smallest absolute Gasteiger partial charge is 0.223 e. The Morgan fingerprint density at radius 2 is 1.81 bits per heavy atom. The molecule has 10 heteroatoms. The number of ether oxygens (including phenoxy) is 2. The predicted molar refractivity (Wildman–Crippen MR) is 132 cm³/mol. The largest absolute Gasteiger partial charge is 0.497 e. The van der Waals surface area contributed by atoms with Crippen LogP contribution in [0.15, 0.2) is 24.3 Å². The molecule has 0 bridgehead atoms. The first-order valence-corrected chi connectivity index (χ1v) is 12.9. The SMILES string of the molecule is COc1ccc([C@@H]2Cn3nnc(CN4CCC(NC(=O)C5CCN(C(C)=O)CC5)CC4)c3CO2)cc1. The number of nitrogens with zero attached hydrogens (tertiary/aromatic N) is 5. The lowest BCUT2D eigenvalue weighted by Gasteiger charge is -2.34. The average molecular weight is 497 g/mol. The van der Waals surface area contributed by atoms with Gasteiger partial charge in [-0.1, -0.05) is 17.3 Å². The molecule has 2 fully saturated rings. The number of fused-ring (bicyclic) bond motifs is 1. The van der Waals surface area contributed by atoms with E-state index in [1.54, 1.807) is 14.0 Å². The van der Waals surface area contributed by atoms with Gasteiger partial charge >= 0.3 is 0 Å². The minimum absolute atomic E-state index is 0.0171. The van der Waals surface area contributed by atoms with E-state index in [-0.39, 0.29) is 29.9 Å². The summed E-state index contributed by atoms with van der Waals surface area (Å²) in [5.41, 5.74) is 3.13. The molecule has 1 aromatic carbocycles. The summed E-state index contributed by atoms with van der Waals surface area (Å²) in [6, 6.07) is 8.17. The van der Waals surface area contributed by atoms with E-state index in [1.165, 1.54) is 0 Å². The van der Waals surface area contributed by atoms with Gasteiger partial charge in [-0.05, 0) is 43.4 Å². The van der Waals surface area contributed by atoms with Crippen LogP contribution >= 0.6 is 0 Å². The molecule has 5 rings (SSSR count). The summed E-state index contributed by atoms with van der Waals surface area (Å²) in [5, 5.41) is 12.1. The van der Waals surface area contributed by atoms with Crippen molar-refractivity contribution in [2.75, 3.05) is 33.3 Å². The fraction of sp³-hybridized carbons (Fsp3) is 0.615. The van der Waals surface area contributed by atoms with Crippen LogP contribution in [0.25, 0.3) is 0 Å². The van der Waals surface area contributed by atoms with Gasteiger partial charge < -0.3 is 19.7 Å². The van der Waals surface area contributed by atoms with Crippen LogP contribution in [0.4, 0.5) is 0 Å². The standard InChI is InChI=1S/C26H36N6O4/c1-18(33)31-13-7-20(8-14-31)26(34)27-21-9-11-30(12-10-21)15-23-24-17-36-25(16-32(24)29-28-23)19-3-5-22(35-2)6-4-19/h3-6,20-21,25H,7-17H2,1-2H3,(H,27,34)/t25-/m0/s1. The van der Waals surface area contributed by atoms with Crippen LogP contribution in [0.1, 0.15) is 55.7 Å². The second-order valence-electron chi connectivity index (χ2n) is 10.1. The second kappa shape index (κ2) is 11.0. The van der Waals surface area contributed by atoms with E-state index in [0.717, 1.165) is 68.0 Å². The van der Waals surface area contributed by atoms with Crippen molar-refractivity contribution in [1.29, 1.82) is 0 Å². The van der Waals surface area contributed by atoms with Crippen molar-refractivity contribution in [3.63, 3.8) is 0 Å². The maximum absolute atomic E-state index is 12.7. The Morgan fingerprint density at radius 1 is 1.08 bits per heavy atom. The third-order valence-electron chi connectivity index (χ3n) is 7.78. The molecule has 36 heavy (non-hydrogen) atoms. The monoisotopic (exact) mass is 496 g/mol. The highest BCUT2D eigenvalue weighted by atomic mass is 16.5. The van der Waals surface area contributed by atoms with Crippen LogP contribution in [0.5, 0.6) is 5.75 Å². The Labute approximate surface area is 211 Å². The number of likely N-dealkylation sites (tertiary alicyclic amines) is 2. The Morgan fingerprint density at radius 3 is 2.47 bits per heavy atom. The van der Waals surface area contributed by atoms with Crippen molar-refractivity contribution in [1.82, 2.24) is 30.1 Å². The number of nitrogens with one attached hydrogen (secondary N) is 1. The molecule has 1 N–H and O–H groups in total. The molecule has 0 unspecified atom stereocenters. The molecular weight excluding hydrogens is 460 g/mol. The van der Waals surface area contributed by atoms with Crippen LogP contribution in [0, 0.1) is 5.92 Å². The van der Waals surface area contributed by atoms with E-state index in [1.807, 2.05) is 33.8 Å². The summed E-state index contributed by atoms with van der Waals surface area (Å²) in [7, 11) is 1.66. The number of rotatable bonds is 6. The zero-order chi connectivity index (χ0) is 25.1. The van der Waals surface area contributed by atoms with Gasteiger partial charge in [-0.2, -0.15) is 0 Å². The molecule has 0 radical (unpaired) electrons. The van der Waals surface area contributed by atoms with Gasteiger partial charge in [0.1, 0.15) is 17.5 Å². The fourth-order valence-corrected chi connectivity index (χ4v) is 5.43. The Balaban J connectivity index is 1.08. The van der Waals surface area contributed by atoms with E-state index in [2.05, 4.69) is 20.5 Å². The topological polar surface area (TPSA) is 102 Å². The maximum Gasteiger partial charge on any atom is 0.223 e. The van der Waals surface area contributed by atoms with E-state index in [9.17, 15) is 9.59 Å². The van der Waals surface area contributed by atoms with Crippen molar-refractivity contribution in [3.05, 3.63) is 41.2 Å². The lowest BCUT2D eigenvalue weighted by molar-refractivity contribution is -0.134. The molecule has 1 atom stereocenters. The maximum atomic E-state index is 12.7. The molecular formula is C26H36N6O4. The summed E-state index contributed by atoms with van der Waals surface area (Å²) in [4.78, 5) is 28.5. The molecule has 2 aromatic rings. The molecule has 4 heterocycles. The van der Waals surface area contributed by atoms with Crippen LogP contribution < -0.4 is 10.1 Å². The number of methoxy groups -OCH3 is 1. The molecule has 3 aliphatic rings. The lowest BCUT2D eigenvalue weighted by atomic mass is 9.94. The summed E-state index contributed by atoms with van der Waals surface area (Å²) < 4.78 is 13.4. The number of benzene rings is 1. The van der Waals surface area contributed by atoms with Gasteiger partial charge in [0, 0.05) is 51.6 Å². The average Bonchev–Trinajstić information content (AvgIpc) is 3.31. The van der Waals surface area contributed by atoms with Crippen molar-refractivity contribution in [3.8, 4) is 5.75 Å². The van der Waals surface area contributed by atoms with Crippen LogP contribution in [-0.4, -0.2) is 75.9 Å². The third kappa shape index (κ3) is 5.54. The molecule has 3 aliphatic heterocycles. The Kier molecular flexibility index (Phi) is 7.52. The fourth-order valence-electron chi connectivity index (χ4n) is 5.43. The molecule has 0 spiro atoms. The molecule has 2 amide bonds. The number of aromatic nitrogens is 3. The molecule has 0 saturated carbocycles. The number of carbonyl (C=O) groups is 2. The normalized spacial score (nSPS) is 21.7. The summed E-state index contributed by atoms with van der Waals surface area (Å²) >= 11 is 0. The van der Waals surface area contributed by atoms with Crippen molar-refractivity contribution in [2.24, 2.45) is 5.92 Å². The summed E-state index contributed by atoms with van der Waals surface area (Å²) in [6.07, 6.45) is 3.32. The van der Waals surface area contributed by atoms with E-state index in [4.69, 9.17) is 9.47 Å². The minimum Gasteiger partial charge on any atom is -0.497 e. The van der Waals surface area contributed by atoms with Gasteiger partial charge in [0.2, 0.25) is 11.8 Å². The molecule has 1 aromatic heterocycles. The first kappa shape index (κ1) is 24.7. The van der Waals surface area contributed by atoms with Gasteiger partial charge in [-0.25, -0.2) is 4.68 Å².